The quantitative estimate of drug-likeness (QED) is 0.589. The third-order valence-electron chi connectivity index (χ3n) is 2.25. The van der Waals surface area contributed by atoms with Gasteiger partial charge in [-0.3, -0.25) is 0 Å². The van der Waals surface area contributed by atoms with Crippen LogP contribution in [0.15, 0.2) is 42.0 Å². The lowest BCUT2D eigenvalue weighted by atomic mass is 10.0. The number of allylic oxidation sites excluding steroid dienone is 1. The van der Waals surface area contributed by atoms with E-state index in [9.17, 15) is 4.79 Å². The molecular formula is C15H20O2. The van der Waals surface area contributed by atoms with Crippen LogP contribution in [0.5, 0.6) is 0 Å². The Morgan fingerprint density at radius 1 is 1.24 bits per heavy atom. The molecule has 0 atom stereocenters. The Bertz CT molecular complexity index is 397. The third-order valence-corrected chi connectivity index (χ3v) is 2.25. The average molecular weight is 232 g/mol. The molecule has 0 fully saturated rings. The molecule has 0 radical (unpaired) electrons. The van der Waals surface area contributed by atoms with E-state index in [1.54, 1.807) is 0 Å². The molecule has 0 aliphatic heterocycles. The molecule has 0 saturated heterocycles. The highest BCUT2D eigenvalue weighted by Gasteiger charge is 2.19. The van der Waals surface area contributed by atoms with Crippen molar-refractivity contribution in [3.05, 3.63) is 47.5 Å². The predicted molar refractivity (Wildman–Crippen MR) is 69.7 cm³/mol. The molecule has 0 aromatic heterocycles. The summed E-state index contributed by atoms with van der Waals surface area (Å²) in [4.78, 5) is 11.9. The molecule has 0 aliphatic rings. The van der Waals surface area contributed by atoms with Gasteiger partial charge < -0.3 is 4.74 Å². The molecular weight excluding hydrogens is 212 g/mol. The van der Waals surface area contributed by atoms with Crippen LogP contribution < -0.4 is 0 Å². The Balaban J connectivity index is 2.71. The van der Waals surface area contributed by atoms with Crippen molar-refractivity contribution in [1.82, 2.24) is 0 Å². The van der Waals surface area contributed by atoms with Gasteiger partial charge in [-0.15, -0.1) is 0 Å². The van der Waals surface area contributed by atoms with Crippen LogP contribution in [0, 0.1) is 0 Å². The molecule has 1 aromatic rings. The van der Waals surface area contributed by atoms with Crippen molar-refractivity contribution in [2.24, 2.45) is 0 Å². The van der Waals surface area contributed by atoms with Gasteiger partial charge in [0.15, 0.2) is 0 Å². The van der Waals surface area contributed by atoms with Crippen LogP contribution >= 0.6 is 0 Å². The lowest BCUT2D eigenvalue weighted by Gasteiger charge is -2.20. The summed E-state index contributed by atoms with van der Waals surface area (Å²) in [6.45, 7) is 7.49. The molecule has 0 unspecified atom stereocenters. The van der Waals surface area contributed by atoms with E-state index < -0.39 is 5.60 Å². The normalized spacial score (nSPS) is 12.4. The van der Waals surface area contributed by atoms with Crippen LogP contribution in [0.1, 0.15) is 33.3 Å². The van der Waals surface area contributed by atoms with Gasteiger partial charge in [0.1, 0.15) is 5.60 Å². The van der Waals surface area contributed by atoms with Gasteiger partial charge in [-0.2, -0.15) is 0 Å². The first-order valence-electron chi connectivity index (χ1n) is 5.85. The minimum Gasteiger partial charge on any atom is -0.457 e. The van der Waals surface area contributed by atoms with Gasteiger partial charge in [0.25, 0.3) is 0 Å². The number of rotatable bonds is 3. The van der Waals surface area contributed by atoms with E-state index in [1.807, 2.05) is 64.1 Å². The largest absolute Gasteiger partial charge is 0.457 e. The monoisotopic (exact) mass is 232 g/mol. The molecule has 1 rings (SSSR count). The Hall–Kier alpha value is -1.57. The van der Waals surface area contributed by atoms with E-state index in [0.29, 0.717) is 12.0 Å². The topological polar surface area (TPSA) is 26.3 Å². The molecule has 1 aromatic carbocycles. The molecule has 92 valence electrons. The summed E-state index contributed by atoms with van der Waals surface area (Å²) in [5, 5.41) is 0. The fraction of sp³-hybridized carbons (Fsp3) is 0.400. The summed E-state index contributed by atoms with van der Waals surface area (Å²) >= 11 is 0. The van der Waals surface area contributed by atoms with E-state index in [1.165, 1.54) is 0 Å². The maximum atomic E-state index is 11.9. The smallest absolute Gasteiger partial charge is 0.334 e. The van der Waals surface area contributed by atoms with Crippen LogP contribution in [0.4, 0.5) is 0 Å². The van der Waals surface area contributed by atoms with Gasteiger partial charge in [0, 0.05) is 12.0 Å². The molecule has 17 heavy (non-hydrogen) atoms. The first-order chi connectivity index (χ1) is 7.92. The SMILES string of the molecule is CC=C(Cc1ccccc1)C(=O)OC(C)(C)C. The van der Waals surface area contributed by atoms with E-state index in [4.69, 9.17) is 4.74 Å². The molecule has 2 heteroatoms. The predicted octanol–water partition coefficient (Wildman–Crippen LogP) is 3.52. The van der Waals surface area contributed by atoms with Crippen LogP contribution in [-0.4, -0.2) is 11.6 Å². The van der Waals surface area contributed by atoms with Crippen molar-refractivity contribution >= 4 is 5.97 Å². The van der Waals surface area contributed by atoms with Crippen molar-refractivity contribution in [2.45, 2.75) is 39.7 Å². The molecule has 0 spiro atoms. The highest BCUT2D eigenvalue weighted by molar-refractivity contribution is 5.89. The van der Waals surface area contributed by atoms with E-state index >= 15 is 0 Å². The van der Waals surface area contributed by atoms with Crippen molar-refractivity contribution in [2.75, 3.05) is 0 Å². The van der Waals surface area contributed by atoms with Gasteiger partial charge in [-0.25, -0.2) is 4.79 Å². The zero-order chi connectivity index (χ0) is 12.9. The molecule has 0 saturated carbocycles. The molecule has 2 nitrogen and oxygen atoms in total. The fourth-order valence-electron chi connectivity index (χ4n) is 1.45. The van der Waals surface area contributed by atoms with Gasteiger partial charge >= 0.3 is 5.97 Å². The number of esters is 1. The summed E-state index contributed by atoms with van der Waals surface area (Å²) in [6.07, 6.45) is 2.44. The van der Waals surface area contributed by atoms with E-state index in [2.05, 4.69) is 0 Å². The maximum absolute atomic E-state index is 11.9. The summed E-state index contributed by atoms with van der Waals surface area (Å²) in [6, 6.07) is 9.92. The number of benzene rings is 1. The Labute approximate surface area is 103 Å². The molecule has 0 N–H and O–H groups in total. The van der Waals surface area contributed by atoms with Crippen LogP contribution in [-0.2, 0) is 16.0 Å². The Morgan fingerprint density at radius 3 is 2.29 bits per heavy atom. The van der Waals surface area contributed by atoms with Gasteiger partial charge in [0.05, 0.1) is 0 Å². The van der Waals surface area contributed by atoms with Crippen LogP contribution in [0.3, 0.4) is 0 Å². The zero-order valence-electron chi connectivity index (χ0n) is 11.0. The molecule has 0 heterocycles. The van der Waals surface area contributed by atoms with E-state index in [-0.39, 0.29) is 5.97 Å². The van der Waals surface area contributed by atoms with Gasteiger partial charge in [0.2, 0.25) is 0 Å². The average Bonchev–Trinajstić information content (AvgIpc) is 2.24. The second-order valence-electron chi connectivity index (χ2n) is 4.98. The molecule has 0 bridgehead atoms. The zero-order valence-corrected chi connectivity index (χ0v) is 11.0. The third kappa shape index (κ3) is 4.85. The fourth-order valence-corrected chi connectivity index (χ4v) is 1.45. The van der Waals surface area contributed by atoms with Gasteiger partial charge in [-0.1, -0.05) is 36.4 Å². The number of carbonyl (C=O) groups is 1. The number of ether oxygens (including phenoxy) is 1. The summed E-state index contributed by atoms with van der Waals surface area (Å²) < 4.78 is 5.36. The Morgan fingerprint density at radius 2 is 1.82 bits per heavy atom. The highest BCUT2D eigenvalue weighted by atomic mass is 16.6. The lowest BCUT2D eigenvalue weighted by molar-refractivity contribution is -0.150. The van der Waals surface area contributed by atoms with Crippen LogP contribution in [0.2, 0.25) is 0 Å². The maximum Gasteiger partial charge on any atom is 0.334 e. The summed E-state index contributed by atoms with van der Waals surface area (Å²) in [7, 11) is 0. The van der Waals surface area contributed by atoms with E-state index in [0.717, 1.165) is 5.56 Å². The minimum absolute atomic E-state index is 0.233. The summed E-state index contributed by atoms with van der Waals surface area (Å²) in [5.74, 6) is -0.233. The number of hydrogen-bond acceptors (Lipinski definition) is 2. The second kappa shape index (κ2) is 5.67. The van der Waals surface area contributed by atoms with Crippen LogP contribution in [0.25, 0.3) is 0 Å². The lowest BCUT2D eigenvalue weighted by Crippen LogP contribution is -2.25. The standard InChI is InChI=1S/C15H20O2/c1-5-13(14(16)17-15(2,3)4)11-12-9-7-6-8-10-12/h5-10H,11H2,1-4H3. The number of carbonyl (C=O) groups excluding carboxylic acids is 1. The van der Waals surface area contributed by atoms with Crippen molar-refractivity contribution in [3.63, 3.8) is 0 Å². The summed E-state index contributed by atoms with van der Waals surface area (Å²) in [5.41, 5.74) is 1.37. The minimum atomic E-state index is -0.442. The first kappa shape index (κ1) is 13.5. The molecule has 0 aliphatic carbocycles. The molecule has 0 amide bonds. The highest BCUT2D eigenvalue weighted by Crippen LogP contribution is 2.14. The van der Waals surface area contributed by atoms with Crippen molar-refractivity contribution in [1.29, 1.82) is 0 Å². The van der Waals surface area contributed by atoms with Crippen molar-refractivity contribution in [3.8, 4) is 0 Å². The van der Waals surface area contributed by atoms with Crippen molar-refractivity contribution < 1.29 is 9.53 Å². The Kier molecular flexibility index (Phi) is 4.50. The first-order valence-corrected chi connectivity index (χ1v) is 5.85. The van der Waals surface area contributed by atoms with Gasteiger partial charge in [-0.05, 0) is 33.3 Å². The second-order valence-corrected chi connectivity index (χ2v) is 4.98. The number of hydrogen-bond donors (Lipinski definition) is 0.